The van der Waals surface area contributed by atoms with Gasteiger partial charge >= 0.3 is 0 Å². The van der Waals surface area contributed by atoms with Crippen LogP contribution in [0.25, 0.3) is 0 Å². The van der Waals surface area contributed by atoms with Gasteiger partial charge in [-0.05, 0) is 25.8 Å². The SMILES string of the molecule is C/C(CO)=C(/C)C/C=C/Cl. The maximum absolute atomic E-state index is 8.69. The number of aliphatic hydroxyl groups is 1. The van der Waals surface area contributed by atoms with Crippen molar-refractivity contribution in [3.05, 3.63) is 22.8 Å². The number of halogens is 1. The summed E-state index contributed by atoms with van der Waals surface area (Å²) in [4.78, 5) is 0. The minimum absolute atomic E-state index is 0.141. The van der Waals surface area contributed by atoms with Crippen molar-refractivity contribution in [2.45, 2.75) is 20.3 Å². The first kappa shape index (κ1) is 9.73. The second kappa shape index (κ2) is 5.51. The van der Waals surface area contributed by atoms with Gasteiger partial charge in [-0.3, -0.25) is 0 Å². The highest BCUT2D eigenvalue weighted by Gasteiger charge is 1.91. The molecular weight excluding hydrogens is 148 g/mol. The molecule has 1 N–H and O–H groups in total. The lowest BCUT2D eigenvalue weighted by Gasteiger charge is -1.99. The van der Waals surface area contributed by atoms with Crippen LogP contribution in [0.1, 0.15) is 20.3 Å². The van der Waals surface area contributed by atoms with Gasteiger partial charge in [-0.1, -0.05) is 23.3 Å². The van der Waals surface area contributed by atoms with Gasteiger partial charge in [0.05, 0.1) is 6.61 Å². The highest BCUT2D eigenvalue weighted by Crippen LogP contribution is 2.07. The quantitative estimate of drug-likeness (QED) is 0.629. The molecule has 58 valence electrons. The lowest BCUT2D eigenvalue weighted by molar-refractivity contribution is 0.330. The van der Waals surface area contributed by atoms with E-state index in [9.17, 15) is 0 Å². The van der Waals surface area contributed by atoms with E-state index in [4.69, 9.17) is 16.7 Å². The lowest BCUT2D eigenvalue weighted by atomic mass is 10.1. The van der Waals surface area contributed by atoms with Crippen molar-refractivity contribution in [1.82, 2.24) is 0 Å². The zero-order valence-electron chi connectivity index (χ0n) is 6.39. The molecule has 0 amide bonds. The van der Waals surface area contributed by atoms with E-state index < -0.39 is 0 Å². The molecule has 0 fully saturated rings. The van der Waals surface area contributed by atoms with Crippen LogP contribution in [-0.2, 0) is 0 Å². The molecule has 0 heterocycles. The van der Waals surface area contributed by atoms with Gasteiger partial charge in [0.1, 0.15) is 0 Å². The Bertz CT molecular complexity index is 147. The summed E-state index contributed by atoms with van der Waals surface area (Å²) in [5.74, 6) is 0. The minimum Gasteiger partial charge on any atom is -0.392 e. The summed E-state index contributed by atoms with van der Waals surface area (Å²) < 4.78 is 0. The van der Waals surface area contributed by atoms with Crippen LogP contribution in [0.15, 0.2) is 22.8 Å². The highest BCUT2D eigenvalue weighted by molar-refractivity contribution is 6.25. The summed E-state index contributed by atoms with van der Waals surface area (Å²) in [6, 6.07) is 0. The van der Waals surface area contributed by atoms with Gasteiger partial charge in [-0.15, -0.1) is 0 Å². The molecule has 0 aromatic carbocycles. The summed E-state index contributed by atoms with van der Waals surface area (Å²) in [6.07, 6.45) is 2.69. The fourth-order valence-corrected chi connectivity index (χ4v) is 0.620. The average molecular weight is 161 g/mol. The van der Waals surface area contributed by atoms with Crippen LogP contribution in [0.3, 0.4) is 0 Å². The number of hydrogen-bond donors (Lipinski definition) is 1. The van der Waals surface area contributed by atoms with E-state index in [2.05, 4.69) is 0 Å². The van der Waals surface area contributed by atoms with Crippen LogP contribution >= 0.6 is 11.6 Å². The fraction of sp³-hybridized carbons (Fsp3) is 0.500. The Balaban J connectivity index is 3.91. The fourth-order valence-electron chi connectivity index (χ4n) is 0.531. The number of hydrogen-bond acceptors (Lipinski definition) is 1. The van der Waals surface area contributed by atoms with Crippen LogP contribution in [0.5, 0.6) is 0 Å². The van der Waals surface area contributed by atoms with Gasteiger partial charge in [0, 0.05) is 5.54 Å². The van der Waals surface area contributed by atoms with E-state index in [-0.39, 0.29) is 6.61 Å². The molecule has 0 saturated carbocycles. The molecular formula is C8H13ClO. The Kier molecular flexibility index (Phi) is 5.36. The third-order valence-electron chi connectivity index (χ3n) is 1.48. The van der Waals surface area contributed by atoms with Crippen molar-refractivity contribution in [2.75, 3.05) is 6.61 Å². The Hall–Kier alpha value is -0.270. The number of allylic oxidation sites excluding steroid dienone is 2. The molecule has 0 aromatic heterocycles. The molecule has 0 unspecified atom stereocenters. The second-order valence-electron chi connectivity index (χ2n) is 2.28. The molecule has 2 heteroatoms. The topological polar surface area (TPSA) is 20.2 Å². The first-order valence-electron chi connectivity index (χ1n) is 3.23. The number of aliphatic hydroxyl groups excluding tert-OH is 1. The Morgan fingerprint density at radius 1 is 1.40 bits per heavy atom. The van der Waals surface area contributed by atoms with Crippen molar-refractivity contribution < 1.29 is 5.11 Å². The first-order chi connectivity index (χ1) is 4.72. The van der Waals surface area contributed by atoms with Gasteiger partial charge in [0.2, 0.25) is 0 Å². The van der Waals surface area contributed by atoms with E-state index in [1.807, 2.05) is 19.9 Å². The van der Waals surface area contributed by atoms with Crippen LogP contribution in [-0.4, -0.2) is 11.7 Å². The molecule has 0 atom stereocenters. The third kappa shape index (κ3) is 3.70. The first-order valence-corrected chi connectivity index (χ1v) is 3.67. The maximum atomic E-state index is 8.69. The molecule has 10 heavy (non-hydrogen) atoms. The van der Waals surface area contributed by atoms with Crippen LogP contribution in [0, 0.1) is 0 Å². The van der Waals surface area contributed by atoms with Gasteiger partial charge in [0.15, 0.2) is 0 Å². The summed E-state index contributed by atoms with van der Waals surface area (Å²) in [6.45, 7) is 4.04. The van der Waals surface area contributed by atoms with Crippen molar-refractivity contribution in [3.8, 4) is 0 Å². The average Bonchev–Trinajstić information content (AvgIpc) is 1.98. The maximum Gasteiger partial charge on any atom is 0.0641 e. The molecule has 0 aliphatic heterocycles. The minimum atomic E-state index is 0.141. The van der Waals surface area contributed by atoms with Crippen molar-refractivity contribution in [2.24, 2.45) is 0 Å². The molecule has 0 spiro atoms. The Morgan fingerprint density at radius 2 is 2.00 bits per heavy atom. The normalized spacial score (nSPS) is 14.0. The lowest BCUT2D eigenvalue weighted by Crippen LogP contribution is -1.88. The predicted molar refractivity (Wildman–Crippen MR) is 45.1 cm³/mol. The highest BCUT2D eigenvalue weighted by atomic mass is 35.5. The molecule has 0 aliphatic carbocycles. The zero-order valence-corrected chi connectivity index (χ0v) is 7.15. The smallest absolute Gasteiger partial charge is 0.0641 e. The monoisotopic (exact) mass is 160 g/mol. The van der Waals surface area contributed by atoms with Gasteiger partial charge in [-0.2, -0.15) is 0 Å². The standard InChI is InChI=1S/C8H13ClO/c1-7(4-3-5-9)8(2)6-10/h3,5,10H,4,6H2,1-2H3/b5-3+,8-7+. The van der Waals surface area contributed by atoms with E-state index in [1.165, 1.54) is 11.1 Å². The van der Waals surface area contributed by atoms with Crippen molar-refractivity contribution in [1.29, 1.82) is 0 Å². The molecule has 0 aromatic rings. The Labute approximate surface area is 67.0 Å². The predicted octanol–water partition coefficient (Wildman–Crippen LogP) is 2.46. The molecule has 1 nitrogen and oxygen atoms in total. The molecule has 0 saturated heterocycles. The molecule has 0 bridgehead atoms. The number of rotatable bonds is 3. The van der Waals surface area contributed by atoms with Crippen molar-refractivity contribution >= 4 is 11.6 Å². The van der Waals surface area contributed by atoms with Crippen molar-refractivity contribution in [3.63, 3.8) is 0 Å². The third-order valence-corrected chi connectivity index (χ3v) is 1.66. The van der Waals surface area contributed by atoms with Gasteiger partial charge in [0.25, 0.3) is 0 Å². The summed E-state index contributed by atoms with van der Waals surface area (Å²) in [5.41, 5.74) is 3.70. The second-order valence-corrected chi connectivity index (χ2v) is 2.54. The largest absolute Gasteiger partial charge is 0.392 e. The zero-order chi connectivity index (χ0) is 7.98. The van der Waals surface area contributed by atoms with E-state index in [0.717, 1.165) is 12.0 Å². The van der Waals surface area contributed by atoms with E-state index >= 15 is 0 Å². The van der Waals surface area contributed by atoms with Crippen LogP contribution in [0.4, 0.5) is 0 Å². The van der Waals surface area contributed by atoms with E-state index in [1.54, 1.807) is 0 Å². The molecule has 0 radical (unpaired) electrons. The Morgan fingerprint density at radius 3 is 2.40 bits per heavy atom. The van der Waals surface area contributed by atoms with E-state index in [0.29, 0.717) is 0 Å². The summed E-state index contributed by atoms with van der Waals surface area (Å²) >= 11 is 5.33. The summed E-state index contributed by atoms with van der Waals surface area (Å²) in [5, 5.41) is 8.69. The van der Waals surface area contributed by atoms with Crippen LogP contribution in [0.2, 0.25) is 0 Å². The van der Waals surface area contributed by atoms with Gasteiger partial charge < -0.3 is 5.11 Å². The molecule has 0 aliphatic rings. The van der Waals surface area contributed by atoms with Gasteiger partial charge in [-0.25, -0.2) is 0 Å². The summed E-state index contributed by atoms with van der Waals surface area (Å²) in [7, 11) is 0. The molecule has 0 rings (SSSR count). The van der Waals surface area contributed by atoms with Crippen LogP contribution < -0.4 is 0 Å².